The van der Waals surface area contributed by atoms with Crippen LogP contribution in [-0.4, -0.2) is 38.4 Å². The molecule has 0 bridgehead atoms. The first-order chi connectivity index (χ1) is 13.8. The number of piperidine rings is 1. The first kappa shape index (κ1) is 17.4. The zero-order chi connectivity index (χ0) is 18.9. The largest absolute Gasteiger partial charge is 0.338 e. The SMILES string of the molecule is O=C(c1ccc2ncccc2c1)N1CCC[C@@H](c2nccn2CC2CCC2)C1. The minimum absolute atomic E-state index is 0.118. The van der Waals surface area contributed by atoms with Crippen LogP contribution in [0.2, 0.25) is 0 Å². The van der Waals surface area contributed by atoms with Crippen LogP contribution in [-0.2, 0) is 6.54 Å². The number of benzene rings is 1. The molecule has 0 radical (unpaired) electrons. The minimum atomic E-state index is 0.118. The Hall–Kier alpha value is -2.69. The molecule has 1 saturated heterocycles. The Balaban J connectivity index is 1.33. The van der Waals surface area contributed by atoms with Gasteiger partial charge < -0.3 is 9.47 Å². The van der Waals surface area contributed by atoms with Crippen LogP contribution in [0.5, 0.6) is 0 Å². The number of aromatic nitrogens is 3. The molecule has 1 atom stereocenters. The smallest absolute Gasteiger partial charge is 0.253 e. The van der Waals surface area contributed by atoms with E-state index >= 15 is 0 Å². The highest BCUT2D eigenvalue weighted by Crippen LogP contribution is 2.31. The van der Waals surface area contributed by atoms with Crippen LogP contribution in [0.25, 0.3) is 10.9 Å². The maximum Gasteiger partial charge on any atom is 0.253 e. The van der Waals surface area contributed by atoms with Crippen LogP contribution >= 0.6 is 0 Å². The van der Waals surface area contributed by atoms with Crippen LogP contribution in [0.3, 0.4) is 0 Å². The summed E-state index contributed by atoms with van der Waals surface area (Å²) in [6, 6.07) is 9.73. The lowest BCUT2D eigenvalue weighted by Gasteiger charge is -2.34. The molecule has 5 heteroatoms. The second-order valence-electron chi connectivity index (χ2n) is 8.24. The van der Waals surface area contributed by atoms with Gasteiger partial charge in [0.15, 0.2) is 0 Å². The molecule has 1 saturated carbocycles. The second kappa shape index (κ2) is 7.38. The number of hydrogen-bond acceptors (Lipinski definition) is 3. The molecule has 1 aliphatic carbocycles. The molecule has 0 N–H and O–H groups in total. The van der Waals surface area contributed by atoms with Gasteiger partial charge in [-0.3, -0.25) is 9.78 Å². The van der Waals surface area contributed by atoms with Crippen molar-refractivity contribution in [1.82, 2.24) is 19.4 Å². The van der Waals surface area contributed by atoms with Crippen molar-refractivity contribution in [2.75, 3.05) is 13.1 Å². The standard InChI is InChI=1S/C23H26N4O/c28-23(19-8-9-21-18(14-19)6-2-10-24-21)27-12-3-7-20(16-27)22-25-11-13-26(22)15-17-4-1-5-17/h2,6,8-11,13-14,17,20H,1,3-5,7,12,15-16H2/t20-/m1/s1. The van der Waals surface area contributed by atoms with Crippen molar-refractivity contribution in [2.45, 2.75) is 44.6 Å². The average molecular weight is 374 g/mol. The number of imidazole rings is 1. The summed E-state index contributed by atoms with van der Waals surface area (Å²) in [7, 11) is 0. The van der Waals surface area contributed by atoms with Gasteiger partial charge in [-0.2, -0.15) is 0 Å². The number of likely N-dealkylation sites (tertiary alicyclic amines) is 1. The third kappa shape index (κ3) is 3.30. The number of rotatable bonds is 4. The summed E-state index contributed by atoms with van der Waals surface area (Å²) in [4.78, 5) is 24.2. The molecule has 2 aromatic heterocycles. The van der Waals surface area contributed by atoms with E-state index in [2.05, 4.69) is 20.7 Å². The molecule has 5 rings (SSSR count). The fraction of sp³-hybridized carbons (Fsp3) is 0.435. The highest BCUT2D eigenvalue weighted by molar-refractivity contribution is 5.98. The Kier molecular flexibility index (Phi) is 4.59. The zero-order valence-electron chi connectivity index (χ0n) is 16.1. The van der Waals surface area contributed by atoms with Gasteiger partial charge in [-0.05, 0) is 55.9 Å². The third-order valence-corrected chi connectivity index (χ3v) is 6.35. The quantitative estimate of drug-likeness (QED) is 0.686. The maximum atomic E-state index is 13.2. The van der Waals surface area contributed by atoms with E-state index in [1.54, 1.807) is 6.20 Å². The van der Waals surface area contributed by atoms with Crippen molar-refractivity contribution in [2.24, 2.45) is 5.92 Å². The Labute approximate surface area is 165 Å². The molecule has 5 nitrogen and oxygen atoms in total. The Bertz CT molecular complexity index is 991. The number of fused-ring (bicyclic) bond motifs is 1. The molecule has 2 aliphatic rings. The van der Waals surface area contributed by atoms with Crippen LogP contribution in [0.15, 0.2) is 48.9 Å². The lowest BCUT2D eigenvalue weighted by atomic mass is 9.85. The lowest BCUT2D eigenvalue weighted by molar-refractivity contribution is 0.0702. The molecule has 1 aromatic carbocycles. The molecule has 0 unspecified atom stereocenters. The molecule has 2 fully saturated rings. The first-order valence-corrected chi connectivity index (χ1v) is 10.4. The average Bonchev–Trinajstić information content (AvgIpc) is 3.18. The number of amides is 1. The number of nitrogens with zero attached hydrogens (tertiary/aromatic N) is 4. The summed E-state index contributed by atoms with van der Waals surface area (Å²) in [6.07, 6.45) is 12.0. The van der Waals surface area contributed by atoms with Gasteiger partial charge in [0, 0.05) is 55.1 Å². The molecule has 1 aliphatic heterocycles. The molecule has 1 amide bonds. The number of carbonyl (C=O) groups excluding carboxylic acids is 1. The van der Waals surface area contributed by atoms with E-state index in [-0.39, 0.29) is 5.91 Å². The fourth-order valence-corrected chi connectivity index (χ4v) is 4.55. The van der Waals surface area contributed by atoms with E-state index in [1.807, 2.05) is 41.4 Å². The lowest BCUT2D eigenvalue weighted by Crippen LogP contribution is -2.40. The van der Waals surface area contributed by atoms with Crippen molar-refractivity contribution < 1.29 is 4.79 Å². The van der Waals surface area contributed by atoms with Gasteiger partial charge in [-0.1, -0.05) is 12.5 Å². The highest BCUT2D eigenvalue weighted by Gasteiger charge is 2.29. The number of pyridine rings is 1. The van der Waals surface area contributed by atoms with Crippen LogP contribution in [0.4, 0.5) is 0 Å². The van der Waals surface area contributed by atoms with Gasteiger partial charge in [0.05, 0.1) is 5.52 Å². The molecule has 28 heavy (non-hydrogen) atoms. The molecule has 144 valence electrons. The molecular formula is C23H26N4O. The van der Waals surface area contributed by atoms with Gasteiger partial charge in [0.2, 0.25) is 0 Å². The Morgan fingerprint density at radius 3 is 2.86 bits per heavy atom. The zero-order valence-corrected chi connectivity index (χ0v) is 16.1. The van der Waals surface area contributed by atoms with E-state index in [1.165, 1.54) is 19.3 Å². The maximum absolute atomic E-state index is 13.2. The van der Waals surface area contributed by atoms with Gasteiger partial charge in [0.1, 0.15) is 5.82 Å². The second-order valence-corrected chi connectivity index (χ2v) is 8.24. The van der Waals surface area contributed by atoms with E-state index < -0.39 is 0 Å². The summed E-state index contributed by atoms with van der Waals surface area (Å²) in [6.45, 7) is 2.66. The van der Waals surface area contributed by atoms with Gasteiger partial charge in [0.25, 0.3) is 5.91 Å². The topological polar surface area (TPSA) is 51.0 Å². The Morgan fingerprint density at radius 1 is 1.07 bits per heavy atom. The fourth-order valence-electron chi connectivity index (χ4n) is 4.55. The molecule has 0 spiro atoms. The van der Waals surface area contributed by atoms with Crippen molar-refractivity contribution in [3.05, 3.63) is 60.3 Å². The molecule has 3 aromatic rings. The van der Waals surface area contributed by atoms with Crippen molar-refractivity contribution in [1.29, 1.82) is 0 Å². The molecule has 3 heterocycles. The number of carbonyl (C=O) groups is 1. The van der Waals surface area contributed by atoms with Crippen LogP contribution in [0, 0.1) is 5.92 Å². The molecular weight excluding hydrogens is 348 g/mol. The predicted octanol–water partition coefficient (Wildman–Crippen LogP) is 4.25. The van der Waals surface area contributed by atoms with E-state index in [0.29, 0.717) is 5.92 Å². The van der Waals surface area contributed by atoms with Crippen molar-refractivity contribution in [3.63, 3.8) is 0 Å². The van der Waals surface area contributed by atoms with Crippen LogP contribution in [0.1, 0.15) is 54.2 Å². The number of hydrogen-bond donors (Lipinski definition) is 0. The Morgan fingerprint density at radius 2 is 2.00 bits per heavy atom. The minimum Gasteiger partial charge on any atom is -0.338 e. The summed E-state index contributed by atoms with van der Waals surface area (Å²) in [5.74, 6) is 2.41. The summed E-state index contributed by atoms with van der Waals surface area (Å²) in [5.41, 5.74) is 1.67. The normalized spacial score (nSPS) is 20.3. The van der Waals surface area contributed by atoms with Gasteiger partial charge >= 0.3 is 0 Å². The summed E-state index contributed by atoms with van der Waals surface area (Å²) < 4.78 is 2.34. The first-order valence-electron chi connectivity index (χ1n) is 10.4. The van der Waals surface area contributed by atoms with Crippen molar-refractivity contribution in [3.8, 4) is 0 Å². The summed E-state index contributed by atoms with van der Waals surface area (Å²) >= 11 is 0. The highest BCUT2D eigenvalue weighted by atomic mass is 16.2. The van der Waals surface area contributed by atoms with E-state index in [0.717, 1.165) is 60.7 Å². The monoisotopic (exact) mass is 374 g/mol. The van der Waals surface area contributed by atoms with Gasteiger partial charge in [-0.25, -0.2) is 4.98 Å². The van der Waals surface area contributed by atoms with E-state index in [9.17, 15) is 4.79 Å². The van der Waals surface area contributed by atoms with Crippen molar-refractivity contribution >= 4 is 16.8 Å². The van der Waals surface area contributed by atoms with E-state index in [4.69, 9.17) is 0 Å². The van der Waals surface area contributed by atoms with Crippen LogP contribution < -0.4 is 0 Å². The summed E-state index contributed by atoms with van der Waals surface area (Å²) in [5, 5.41) is 1.01. The predicted molar refractivity (Wildman–Crippen MR) is 109 cm³/mol. The third-order valence-electron chi connectivity index (χ3n) is 6.35. The van der Waals surface area contributed by atoms with Gasteiger partial charge in [-0.15, -0.1) is 0 Å².